The largest absolute Gasteiger partial charge is 0.352 e. The van der Waals surface area contributed by atoms with Crippen LogP contribution in [-0.2, 0) is 4.79 Å². The van der Waals surface area contributed by atoms with Crippen molar-refractivity contribution in [1.82, 2.24) is 15.1 Å². The molecule has 0 aromatic heterocycles. The maximum Gasteiger partial charge on any atom is 0.255 e. The number of piperazine rings is 1. The smallest absolute Gasteiger partial charge is 0.255 e. The van der Waals surface area contributed by atoms with Crippen LogP contribution < -0.4 is 5.32 Å². The van der Waals surface area contributed by atoms with Crippen molar-refractivity contribution in [3.63, 3.8) is 0 Å². The highest BCUT2D eigenvalue weighted by molar-refractivity contribution is 6.33. The number of halogens is 1. The van der Waals surface area contributed by atoms with Gasteiger partial charge in [-0.15, -0.1) is 0 Å². The third kappa shape index (κ3) is 4.33. The van der Waals surface area contributed by atoms with Gasteiger partial charge < -0.3 is 10.2 Å². The number of carbonyl (C=O) groups is 2. The monoisotopic (exact) mass is 363 g/mol. The fourth-order valence-corrected chi connectivity index (χ4v) is 3.89. The first-order valence-corrected chi connectivity index (χ1v) is 9.52. The number of carbonyl (C=O) groups excluding carboxylic acids is 2. The van der Waals surface area contributed by atoms with Crippen LogP contribution >= 0.6 is 11.6 Å². The predicted molar refractivity (Wildman–Crippen MR) is 98.8 cm³/mol. The standard InChI is InChI=1S/C19H26ClN3O2/c1-14(18(24)21-15-6-2-3-7-15)22-10-12-23(13-11-22)19(25)16-8-4-5-9-17(16)20/h4-5,8-9,14-15H,2-3,6-7,10-13H2,1H3,(H,21,24)/t14-/m0/s1. The van der Waals surface area contributed by atoms with Gasteiger partial charge in [-0.3, -0.25) is 14.5 Å². The Balaban J connectivity index is 1.51. The maximum absolute atomic E-state index is 12.6. The van der Waals surface area contributed by atoms with Gasteiger partial charge in [-0.1, -0.05) is 36.6 Å². The molecule has 1 aromatic carbocycles. The van der Waals surface area contributed by atoms with Gasteiger partial charge in [-0.25, -0.2) is 0 Å². The lowest BCUT2D eigenvalue weighted by Crippen LogP contribution is -2.55. The van der Waals surface area contributed by atoms with Crippen molar-refractivity contribution in [2.75, 3.05) is 26.2 Å². The summed E-state index contributed by atoms with van der Waals surface area (Å²) < 4.78 is 0. The van der Waals surface area contributed by atoms with E-state index in [-0.39, 0.29) is 17.9 Å². The average Bonchev–Trinajstić information content (AvgIpc) is 3.14. The summed E-state index contributed by atoms with van der Waals surface area (Å²) in [7, 11) is 0. The molecule has 1 saturated heterocycles. The number of amides is 2. The molecule has 1 saturated carbocycles. The summed E-state index contributed by atoms with van der Waals surface area (Å²) in [4.78, 5) is 29.0. The Bertz CT molecular complexity index is 623. The summed E-state index contributed by atoms with van der Waals surface area (Å²) in [6.07, 6.45) is 4.61. The highest BCUT2D eigenvalue weighted by Gasteiger charge is 2.29. The molecule has 6 heteroatoms. The van der Waals surface area contributed by atoms with E-state index in [0.717, 1.165) is 12.8 Å². The second-order valence-corrected chi connectivity index (χ2v) is 7.38. The lowest BCUT2D eigenvalue weighted by Gasteiger charge is -2.37. The van der Waals surface area contributed by atoms with Crippen molar-refractivity contribution < 1.29 is 9.59 Å². The molecule has 0 spiro atoms. The Hall–Kier alpha value is -1.59. The minimum absolute atomic E-state index is 0.0340. The molecule has 2 aliphatic rings. The van der Waals surface area contributed by atoms with Gasteiger partial charge in [0.25, 0.3) is 5.91 Å². The molecule has 1 N–H and O–H groups in total. The Kier molecular flexibility index (Phi) is 5.97. The van der Waals surface area contributed by atoms with E-state index in [2.05, 4.69) is 10.2 Å². The molecule has 25 heavy (non-hydrogen) atoms. The first-order valence-electron chi connectivity index (χ1n) is 9.14. The molecular formula is C19H26ClN3O2. The molecule has 1 atom stereocenters. The van der Waals surface area contributed by atoms with Crippen molar-refractivity contribution >= 4 is 23.4 Å². The lowest BCUT2D eigenvalue weighted by atomic mass is 10.1. The molecule has 0 bridgehead atoms. The Morgan fingerprint density at radius 1 is 1.12 bits per heavy atom. The van der Waals surface area contributed by atoms with E-state index < -0.39 is 0 Å². The predicted octanol–water partition coefficient (Wildman–Crippen LogP) is 2.55. The number of hydrogen-bond donors (Lipinski definition) is 1. The number of nitrogens with zero attached hydrogens (tertiary/aromatic N) is 2. The van der Waals surface area contributed by atoms with Crippen LogP contribution in [0.4, 0.5) is 0 Å². The zero-order chi connectivity index (χ0) is 17.8. The van der Waals surface area contributed by atoms with Crippen molar-refractivity contribution in [3.05, 3.63) is 34.9 Å². The van der Waals surface area contributed by atoms with Crippen LogP contribution in [0.3, 0.4) is 0 Å². The maximum atomic E-state index is 12.6. The van der Waals surface area contributed by atoms with E-state index >= 15 is 0 Å². The van der Waals surface area contributed by atoms with E-state index in [4.69, 9.17) is 11.6 Å². The van der Waals surface area contributed by atoms with E-state index in [1.807, 2.05) is 24.0 Å². The third-order valence-electron chi connectivity index (χ3n) is 5.33. The highest BCUT2D eigenvalue weighted by Crippen LogP contribution is 2.20. The number of rotatable bonds is 4. The highest BCUT2D eigenvalue weighted by atomic mass is 35.5. The number of benzene rings is 1. The molecule has 2 amide bonds. The topological polar surface area (TPSA) is 52.7 Å². The Labute approximate surface area is 154 Å². The molecule has 0 radical (unpaired) electrons. The zero-order valence-corrected chi connectivity index (χ0v) is 15.5. The fourth-order valence-electron chi connectivity index (χ4n) is 3.68. The van der Waals surface area contributed by atoms with E-state index in [9.17, 15) is 9.59 Å². The van der Waals surface area contributed by atoms with Gasteiger partial charge in [0.2, 0.25) is 5.91 Å². The second-order valence-electron chi connectivity index (χ2n) is 6.97. The molecule has 0 unspecified atom stereocenters. The summed E-state index contributed by atoms with van der Waals surface area (Å²) in [6.45, 7) is 4.59. The third-order valence-corrected chi connectivity index (χ3v) is 5.66. The molecule has 5 nitrogen and oxygen atoms in total. The Morgan fingerprint density at radius 2 is 1.76 bits per heavy atom. The number of nitrogens with one attached hydrogen (secondary N) is 1. The van der Waals surface area contributed by atoms with Crippen LogP contribution in [-0.4, -0.2) is 59.9 Å². The summed E-state index contributed by atoms with van der Waals surface area (Å²) in [6, 6.07) is 7.33. The number of hydrogen-bond acceptors (Lipinski definition) is 3. The summed E-state index contributed by atoms with van der Waals surface area (Å²) in [5.74, 6) is 0.0751. The van der Waals surface area contributed by atoms with Crippen LogP contribution in [0.2, 0.25) is 5.02 Å². The Morgan fingerprint density at radius 3 is 2.40 bits per heavy atom. The molecule has 1 heterocycles. The van der Waals surface area contributed by atoms with Gasteiger partial charge in [0.05, 0.1) is 16.6 Å². The zero-order valence-electron chi connectivity index (χ0n) is 14.7. The average molecular weight is 364 g/mol. The van der Waals surface area contributed by atoms with Gasteiger partial charge >= 0.3 is 0 Å². The molecule has 3 rings (SSSR count). The van der Waals surface area contributed by atoms with Crippen LogP contribution in [0.25, 0.3) is 0 Å². The van der Waals surface area contributed by atoms with Gasteiger partial charge in [0.15, 0.2) is 0 Å². The van der Waals surface area contributed by atoms with Crippen LogP contribution in [0, 0.1) is 0 Å². The minimum Gasteiger partial charge on any atom is -0.352 e. The first-order chi connectivity index (χ1) is 12.1. The van der Waals surface area contributed by atoms with Crippen molar-refractivity contribution in [3.8, 4) is 0 Å². The van der Waals surface area contributed by atoms with Crippen LogP contribution in [0.5, 0.6) is 0 Å². The first kappa shape index (κ1) is 18.2. The quantitative estimate of drug-likeness (QED) is 0.894. The van der Waals surface area contributed by atoms with Crippen molar-refractivity contribution in [2.24, 2.45) is 0 Å². The van der Waals surface area contributed by atoms with Crippen LogP contribution in [0.1, 0.15) is 43.0 Å². The van der Waals surface area contributed by atoms with Crippen molar-refractivity contribution in [2.45, 2.75) is 44.7 Å². The summed E-state index contributed by atoms with van der Waals surface area (Å²) >= 11 is 6.13. The SMILES string of the molecule is C[C@@H](C(=O)NC1CCCC1)N1CCN(C(=O)c2ccccc2Cl)CC1. The normalized spacial score (nSPS) is 20.5. The lowest BCUT2D eigenvalue weighted by molar-refractivity contribution is -0.127. The summed E-state index contributed by atoms with van der Waals surface area (Å²) in [5, 5.41) is 3.65. The summed E-state index contributed by atoms with van der Waals surface area (Å²) in [5.41, 5.74) is 0.546. The molecule has 1 aliphatic carbocycles. The molecule has 136 valence electrons. The van der Waals surface area contributed by atoms with Gasteiger partial charge in [0, 0.05) is 32.2 Å². The van der Waals surface area contributed by atoms with E-state index in [1.54, 1.807) is 12.1 Å². The van der Waals surface area contributed by atoms with Gasteiger partial charge in [-0.2, -0.15) is 0 Å². The van der Waals surface area contributed by atoms with Gasteiger partial charge in [0.1, 0.15) is 0 Å². The van der Waals surface area contributed by atoms with Gasteiger partial charge in [-0.05, 0) is 31.9 Å². The van der Waals surface area contributed by atoms with Crippen LogP contribution in [0.15, 0.2) is 24.3 Å². The van der Waals surface area contributed by atoms with E-state index in [1.165, 1.54) is 12.8 Å². The molecule has 2 fully saturated rings. The second kappa shape index (κ2) is 8.19. The fraction of sp³-hybridized carbons (Fsp3) is 0.579. The van der Waals surface area contributed by atoms with E-state index in [0.29, 0.717) is 42.8 Å². The van der Waals surface area contributed by atoms with Crippen molar-refractivity contribution in [1.29, 1.82) is 0 Å². The molecule has 1 aromatic rings. The molecular weight excluding hydrogens is 338 g/mol. The minimum atomic E-state index is -0.154. The molecule has 1 aliphatic heterocycles.